The molecule has 0 aliphatic heterocycles. The SMILES string of the molecule is C=CC(=O)CNC(=O)c1ccc(OCc2ccc(N=C(N)N)cc2)cc1. The average molecular weight is 352 g/mol. The Hall–Kier alpha value is -3.61. The second-order valence-corrected chi connectivity index (χ2v) is 5.37. The number of hydrogen-bond donors (Lipinski definition) is 3. The van der Waals surface area contributed by atoms with Crippen molar-refractivity contribution in [1.29, 1.82) is 0 Å². The molecule has 0 saturated heterocycles. The van der Waals surface area contributed by atoms with Gasteiger partial charge in [0.1, 0.15) is 12.4 Å². The largest absolute Gasteiger partial charge is 0.489 e. The van der Waals surface area contributed by atoms with E-state index in [9.17, 15) is 9.59 Å². The molecule has 7 nitrogen and oxygen atoms in total. The lowest BCUT2D eigenvalue weighted by Gasteiger charge is -2.08. The van der Waals surface area contributed by atoms with Gasteiger partial charge in [-0.05, 0) is 48.0 Å². The van der Waals surface area contributed by atoms with E-state index >= 15 is 0 Å². The Kier molecular flexibility index (Phi) is 6.50. The third-order valence-corrected chi connectivity index (χ3v) is 3.37. The van der Waals surface area contributed by atoms with Crippen LogP contribution in [0.4, 0.5) is 5.69 Å². The number of aliphatic imine (C=N–C) groups is 1. The summed E-state index contributed by atoms with van der Waals surface area (Å²) in [4.78, 5) is 27.0. The highest BCUT2D eigenvalue weighted by Crippen LogP contribution is 2.16. The number of nitrogens with one attached hydrogen (secondary N) is 1. The molecule has 0 bridgehead atoms. The lowest BCUT2D eigenvalue weighted by molar-refractivity contribution is -0.113. The molecule has 0 aromatic heterocycles. The van der Waals surface area contributed by atoms with Crippen molar-refractivity contribution in [3.8, 4) is 5.75 Å². The molecule has 0 saturated carbocycles. The van der Waals surface area contributed by atoms with Gasteiger partial charge in [-0.2, -0.15) is 0 Å². The van der Waals surface area contributed by atoms with E-state index in [0.29, 0.717) is 23.6 Å². The summed E-state index contributed by atoms with van der Waals surface area (Å²) in [5.74, 6) is 0.0511. The molecule has 7 heteroatoms. The van der Waals surface area contributed by atoms with Gasteiger partial charge in [0.15, 0.2) is 11.7 Å². The molecule has 2 aromatic carbocycles. The topological polar surface area (TPSA) is 120 Å². The van der Waals surface area contributed by atoms with E-state index in [4.69, 9.17) is 16.2 Å². The molecule has 5 N–H and O–H groups in total. The van der Waals surface area contributed by atoms with Crippen LogP contribution < -0.4 is 21.5 Å². The highest BCUT2D eigenvalue weighted by atomic mass is 16.5. The van der Waals surface area contributed by atoms with Crippen LogP contribution in [0.15, 0.2) is 66.2 Å². The zero-order valence-electron chi connectivity index (χ0n) is 14.1. The number of amides is 1. The maximum absolute atomic E-state index is 11.9. The Labute approximate surface area is 151 Å². The van der Waals surface area contributed by atoms with E-state index in [1.807, 2.05) is 12.1 Å². The normalized spacial score (nSPS) is 9.85. The molecule has 0 radical (unpaired) electrons. The summed E-state index contributed by atoms with van der Waals surface area (Å²) in [6.07, 6.45) is 1.17. The summed E-state index contributed by atoms with van der Waals surface area (Å²) in [6, 6.07) is 13.9. The molecule has 2 aromatic rings. The van der Waals surface area contributed by atoms with Crippen molar-refractivity contribution in [3.05, 3.63) is 72.3 Å². The fraction of sp³-hybridized carbons (Fsp3) is 0.105. The van der Waals surface area contributed by atoms with E-state index in [2.05, 4.69) is 16.9 Å². The number of carbonyl (C=O) groups excluding carboxylic acids is 2. The first-order valence-corrected chi connectivity index (χ1v) is 7.83. The summed E-state index contributed by atoms with van der Waals surface area (Å²) in [7, 11) is 0. The van der Waals surface area contributed by atoms with Gasteiger partial charge in [-0.25, -0.2) is 4.99 Å². The fourth-order valence-corrected chi connectivity index (χ4v) is 2.03. The molecule has 0 spiro atoms. The maximum atomic E-state index is 11.9. The summed E-state index contributed by atoms with van der Waals surface area (Å²) < 4.78 is 5.68. The number of nitrogens with two attached hydrogens (primary N) is 2. The first kappa shape index (κ1) is 18.7. The van der Waals surface area contributed by atoms with Gasteiger partial charge >= 0.3 is 0 Å². The lowest BCUT2D eigenvalue weighted by atomic mass is 10.2. The Bertz CT molecular complexity index is 808. The smallest absolute Gasteiger partial charge is 0.251 e. The number of carbonyl (C=O) groups is 2. The molecule has 0 fully saturated rings. The van der Waals surface area contributed by atoms with Gasteiger partial charge in [0, 0.05) is 5.56 Å². The van der Waals surface area contributed by atoms with Crippen LogP contribution in [0.1, 0.15) is 15.9 Å². The van der Waals surface area contributed by atoms with Gasteiger partial charge in [-0.1, -0.05) is 18.7 Å². The molecular formula is C19H20N4O3. The third kappa shape index (κ3) is 5.79. The highest BCUT2D eigenvalue weighted by molar-refractivity contribution is 5.99. The summed E-state index contributed by atoms with van der Waals surface area (Å²) >= 11 is 0. The standard InChI is InChI=1S/C19H20N4O3/c1-2-16(24)11-22-18(25)14-5-9-17(10-6-14)26-12-13-3-7-15(8-4-13)23-19(20)21/h2-10H,1,11-12H2,(H,22,25)(H4,20,21,23). The molecule has 1 amide bonds. The van der Waals surface area contributed by atoms with Gasteiger partial charge in [-0.3, -0.25) is 9.59 Å². The predicted molar refractivity (Wildman–Crippen MR) is 100 cm³/mol. The van der Waals surface area contributed by atoms with Crippen LogP contribution in [0.2, 0.25) is 0 Å². The number of hydrogen-bond acceptors (Lipinski definition) is 4. The number of nitrogens with zero attached hydrogens (tertiary/aromatic N) is 1. The second kappa shape index (κ2) is 9.03. The number of benzene rings is 2. The van der Waals surface area contributed by atoms with E-state index < -0.39 is 0 Å². The fourth-order valence-electron chi connectivity index (χ4n) is 2.03. The van der Waals surface area contributed by atoms with Crippen molar-refractivity contribution < 1.29 is 14.3 Å². The minimum atomic E-state index is -0.331. The quantitative estimate of drug-likeness (QED) is 0.379. The number of guanidine groups is 1. The van der Waals surface area contributed by atoms with Gasteiger partial charge in [0.2, 0.25) is 0 Å². The molecular weight excluding hydrogens is 332 g/mol. The number of ketones is 1. The Balaban J connectivity index is 1.89. The molecule has 26 heavy (non-hydrogen) atoms. The summed E-state index contributed by atoms with van der Waals surface area (Å²) in [5.41, 5.74) is 12.7. The van der Waals surface area contributed by atoms with Crippen molar-refractivity contribution in [2.45, 2.75) is 6.61 Å². The minimum Gasteiger partial charge on any atom is -0.489 e. The van der Waals surface area contributed by atoms with E-state index in [1.165, 1.54) is 6.08 Å². The van der Waals surface area contributed by atoms with Crippen molar-refractivity contribution in [2.75, 3.05) is 6.54 Å². The van der Waals surface area contributed by atoms with Gasteiger partial charge in [0.25, 0.3) is 5.91 Å². The van der Waals surface area contributed by atoms with Crippen LogP contribution in [-0.2, 0) is 11.4 Å². The summed E-state index contributed by atoms with van der Waals surface area (Å²) in [6.45, 7) is 3.64. The molecule has 0 atom stereocenters. The van der Waals surface area contributed by atoms with Crippen LogP contribution in [0, 0.1) is 0 Å². The molecule has 0 aliphatic rings. The Morgan fingerprint density at radius 1 is 1.08 bits per heavy atom. The van der Waals surface area contributed by atoms with Crippen molar-refractivity contribution >= 4 is 23.3 Å². The Morgan fingerprint density at radius 2 is 1.73 bits per heavy atom. The molecule has 134 valence electrons. The predicted octanol–water partition coefficient (Wildman–Crippen LogP) is 1.66. The van der Waals surface area contributed by atoms with E-state index in [0.717, 1.165) is 5.56 Å². The Morgan fingerprint density at radius 3 is 2.31 bits per heavy atom. The zero-order valence-corrected chi connectivity index (χ0v) is 14.1. The monoisotopic (exact) mass is 352 g/mol. The van der Waals surface area contributed by atoms with E-state index in [1.54, 1.807) is 36.4 Å². The molecule has 0 heterocycles. The number of rotatable bonds is 8. The lowest BCUT2D eigenvalue weighted by Crippen LogP contribution is -2.28. The molecule has 0 unspecified atom stereocenters. The summed E-state index contributed by atoms with van der Waals surface area (Å²) in [5, 5.41) is 2.52. The van der Waals surface area contributed by atoms with Gasteiger partial charge in [-0.15, -0.1) is 0 Å². The highest BCUT2D eigenvalue weighted by Gasteiger charge is 2.06. The minimum absolute atomic E-state index is 0.00647. The third-order valence-electron chi connectivity index (χ3n) is 3.37. The van der Waals surface area contributed by atoms with E-state index in [-0.39, 0.29) is 24.2 Å². The van der Waals surface area contributed by atoms with Gasteiger partial charge < -0.3 is 21.5 Å². The number of ether oxygens (including phenoxy) is 1. The average Bonchev–Trinajstić information content (AvgIpc) is 2.65. The first-order chi connectivity index (χ1) is 12.5. The van der Waals surface area contributed by atoms with Crippen LogP contribution in [0.25, 0.3) is 0 Å². The van der Waals surface area contributed by atoms with Crippen molar-refractivity contribution in [3.63, 3.8) is 0 Å². The zero-order chi connectivity index (χ0) is 18.9. The van der Waals surface area contributed by atoms with Crippen LogP contribution in [0.3, 0.4) is 0 Å². The van der Waals surface area contributed by atoms with Gasteiger partial charge in [0.05, 0.1) is 12.2 Å². The molecule has 2 rings (SSSR count). The first-order valence-electron chi connectivity index (χ1n) is 7.83. The van der Waals surface area contributed by atoms with Crippen molar-refractivity contribution in [1.82, 2.24) is 5.32 Å². The van der Waals surface area contributed by atoms with Crippen LogP contribution >= 0.6 is 0 Å². The molecule has 0 aliphatic carbocycles. The van der Waals surface area contributed by atoms with Crippen LogP contribution in [0.5, 0.6) is 5.75 Å². The maximum Gasteiger partial charge on any atom is 0.251 e. The van der Waals surface area contributed by atoms with Crippen LogP contribution in [-0.4, -0.2) is 24.2 Å². The second-order valence-electron chi connectivity index (χ2n) is 5.37. The van der Waals surface area contributed by atoms with Crippen molar-refractivity contribution in [2.24, 2.45) is 16.5 Å².